The number of thiazole rings is 1. The van der Waals surface area contributed by atoms with Crippen LogP contribution in [0.4, 0.5) is 0 Å². The van der Waals surface area contributed by atoms with Crippen LogP contribution in [0.25, 0.3) is 0 Å². The molecule has 1 atom stereocenters. The summed E-state index contributed by atoms with van der Waals surface area (Å²) in [6, 6.07) is 0. The van der Waals surface area contributed by atoms with Gasteiger partial charge in [-0.3, -0.25) is 4.57 Å². The molecule has 0 aromatic carbocycles. The van der Waals surface area contributed by atoms with E-state index in [1.807, 2.05) is 0 Å². The predicted molar refractivity (Wildman–Crippen MR) is 62.7 cm³/mol. The number of aliphatic hydroxyl groups is 1. The molecule has 0 amide bonds. The van der Waals surface area contributed by atoms with Crippen molar-refractivity contribution in [3.63, 3.8) is 0 Å². The van der Waals surface area contributed by atoms with Gasteiger partial charge in [-0.2, -0.15) is 0 Å². The minimum Gasteiger partial charge on any atom is -0.375 e. The average molecular weight is 265 g/mol. The first-order chi connectivity index (χ1) is 7.55. The molecule has 0 aliphatic carbocycles. The van der Waals surface area contributed by atoms with Crippen LogP contribution in [0.3, 0.4) is 0 Å². The van der Waals surface area contributed by atoms with E-state index in [1.165, 1.54) is 11.3 Å². The highest BCUT2D eigenvalue weighted by Gasteiger charge is 2.37. The minimum absolute atomic E-state index is 0.228. The average Bonchev–Trinajstić information content (AvgIpc) is 2.64. The smallest absolute Gasteiger partial charge is 0.364 e. The largest absolute Gasteiger partial charge is 0.375 e. The lowest BCUT2D eigenvalue weighted by molar-refractivity contribution is 0.151. The molecule has 1 heterocycles. The summed E-state index contributed by atoms with van der Waals surface area (Å²) in [5, 5.41) is 10.0. The Morgan fingerprint density at radius 2 is 2.06 bits per heavy atom. The topological polar surface area (TPSA) is 68.7 Å². The number of nitrogens with zero attached hydrogens (tertiary/aromatic N) is 1. The van der Waals surface area contributed by atoms with Gasteiger partial charge in [-0.1, -0.05) is 0 Å². The quantitative estimate of drug-likeness (QED) is 0.801. The van der Waals surface area contributed by atoms with E-state index in [0.29, 0.717) is 10.6 Å². The van der Waals surface area contributed by atoms with Gasteiger partial charge >= 0.3 is 7.60 Å². The molecule has 1 rings (SSSR count). The van der Waals surface area contributed by atoms with Crippen molar-refractivity contribution in [3.8, 4) is 0 Å². The second-order valence-electron chi connectivity index (χ2n) is 3.05. The second-order valence-corrected chi connectivity index (χ2v) is 6.02. The Morgan fingerprint density at radius 1 is 1.50 bits per heavy atom. The molecule has 1 unspecified atom stereocenters. The van der Waals surface area contributed by atoms with Crippen LogP contribution in [-0.2, 0) is 13.6 Å². The molecule has 0 bridgehead atoms. The monoisotopic (exact) mass is 265 g/mol. The summed E-state index contributed by atoms with van der Waals surface area (Å²) in [6.45, 7) is 5.62. The van der Waals surface area contributed by atoms with E-state index in [1.54, 1.807) is 26.3 Å². The van der Waals surface area contributed by atoms with Gasteiger partial charge in [0.2, 0.25) is 0 Å². The molecular weight excluding hydrogens is 249 g/mol. The van der Waals surface area contributed by atoms with Crippen LogP contribution in [0, 0.1) is 6.92 Å². The van der Waals surface area contributed by atoms with Crippen molar-refractivity contribution in [1.29, 1.82) is 0 Å². The molecule has 5 nitrogen and oxygen atoms in total. The van der Waals surface area contributed by atoms with E-state index in [2.05, 4.69) is 4.98 Å². The van der Waals surface area contributed by atoms with Crippen molar-refractivity contribution >= 4 is 18.9 Å². The van der Waals surface area contributed by atoms with Crippen molar-refractivity contribution in [2.24, 2.45) is 0 Å². The van der Waals surface area contributed by atoms with Gasteiger partial charge in [0.25, 0.3) is 0 Å². The highest BCUT2D eigenvalue weighted by atomic mass is 32.1. The van der Waals surface area contributed by atoms with Crippen LogP contribution >= 0.6 is 18.9 Å². The summed E-state index contributed by atoms with van der Waals surface area (Å²) >= 11 is 1.24. The van der Waals surface area contributed by atoms with Gasteiger partial charge in [0.15, 0.2) is 5.85 Å². The highest BCUT2D eigenvalue weighted by molar-refractivity contribution is 7.54. The molecule has 1 aromatic rings. The third kappa shape index (κ3) is 2.90. The van der Waals surface area contributed by atoms with Gasteiger partial charge < -0.3 is 14.2 Å². The number of aromatic nitrogens is 1. The summed E-state index contributed by atoms with van der Waals surface area (Å²) in [6.07, 6.45) is 0. The molecule has 1 aromatic heterocycles. The zero-order valence-corrected chi connectivity index (χ0v) is 11.3. The maximum absolute atomic E-state index is 12.2. The lowest BCUT2D eigenvalue weighted by Crippen LogP contribution is -2.06. The van der Waals surface area contributed by atoms with Gasteiger partial charge in [-0.15, -0.1) is 11.3 Å². The minimum atomic E-state index is -3.50. The van der Waals surface area contributed by atoms with E-state index in [4.69, 9.17) is 9.05 Å². The lowest BCUT2D eigenvalue weighted by atomic mass is 10.4. The van der Waals surface area contributed by atoms with E-state index in [9.17, 15) is 9.67 Å². The second kappa shape index (κ2) is 5.89. The Balaban J connectivity index is 2.95. The Bertz CT molecular complexity index is 371. The Hall–Kier alpha value is -0.260. The van der Waals surface area contributed by atoms with Gasteiger partial charge in [-0.05, 0) is 20.8 Å². The molecule has 0 spiro atoms. The Morgan fingerprint density at radius 3 is 2.44 bits per heavy atom. The summed E-state index contributed by atoms with van der Waals surface area (Å²) in [7, 11) is -3.50. The molecule has 1 N–H and O–H groups in total. The van der Waals surface area contributed by atoms with Crippen LogP contribution in [0.1, 0.15) is 30.3 Å². The fourth-order valence-corrected chi connectivity index (χ4v) is 4.03. The zero-order chi connectivity index (χ0) is 12.2. The lowest BCUT2D eigenvalue weighted by Gasteiger charge is -2.21. The third-order valence-corrected chi connectivity index (χ3v) is 5.19. The molecule has 0 saturated carbocycles. The molecule has 7 heteroatoms. The molecule has 0 aliphatic rings. The van der Waals surface area contributed by atoms with E-state index in [0.717, 1.165) is 0 Å². The van der Waals surface area contributed by atoms with E-state index >= 15 is 0 Å². The first-order valence-electron chi connectivity index (χ1n) is 5.02. The summed E-state index contributed by atoms with van der Waals surface area (Å²) in [5.41, 5.74) is 2.24. The molecule has 0 saturated heterocycles. The Labute approximate surface area is 99.0 Å². The van der Waals surface area contributed by atoms with Gasteiger partial charge in [0.1, 0.15) is 0 Å². The maximum atomic E-state index is 12.2. The summed E-state index contributed by atoms with van der Waals surface area (Å²) in [4.78, 5) is 4.53. The van der Waals surface area contributed by atoms with Crippen molar-refractivity contribution in [2.45, 2.75) is 26.6 Å². The van der Waals surface area contributed by atoms with E-state index < -0.39 is 13.4 Å². The van der Waals surface area contributed by atoms with Crippen LogP contribution in [0.2, 0.25) is 0 Å². The molecular formula is C9H16NO4PS. The molecule has 16 heavy (non-hydrogen) atoms. The first-order valence-corrected chi connectivity index (χ1v) is 7.51. The number of rotatable bonds is 6. The van der Waals surface area contributed by atoms with Crippen LogP contribution in [-0.4, -0.2) is 23.3 Å². The molecule has 0 fully saturated rings. The van der Waals surface area contributed by atoms with Gasteiger partial charge in [-0.25, -0.2) is 4.98 Å². The number of aliphatic hydroxyl groups excluding tert-OH is 1. The van der Waals surface area contributed by atoms with Crippen molar-refractivity contribution in [3.05, 3.63) is 16.1 Å². The maximum Gasteiger partial charge on any atom is 0.364 e. The standard InChI is InChI=1S/C9H16NO4PS/c1-4-13-15(12,14-5-2)9(11)8-7(3)10-6-16-8/h6,9,11H,4-5H2,1-3H3. The fraction of sp³-hybridized carbons (Fsp3) is 0.667. The van der Waals surface area contributed by atoms with Crippen molar-refractivity contribution in [2.75, 3.05) is 13.2 Å². The zero-order valence-electron chi connectivity index (χ0n) is 9.54. The van der Waals surface area contributed by atoms with Crippen LogP contribution < -0.4 is 0 Å². The third-order valence-electron chi connectivity index (χ3n) is 1.93. The molecule has 0 aliphatic heterocycles. The number of hydrogen-bond donors (Lipinski definition) is 1. The van der Waals surface area contributed by atoms with Gasteiger partial charge in [0, 0.05) is 0 Å². The van der Waals surface area contributed by atoms with Crippen molar-refractivity contribution < 1.29 is 18.7 Å². The van der Waals surface area contributed by atoms with Crippen LogP contribution in [0.15, 0.2) is 5.51 Å². The highest BCUT2D eigenvalue weighted by Crippen LogP contribution is 2.60. The molecule has 92 valence electrons. The van der Waals surface area contributed by atoms with Crippen molar-refractivity contribution in [1.82, 2.24) is 4.98 Å². The summed E-state index contributed by atoms with van der Waals surface area (Å²) in [5.74, 6) is -1.25. The number of aryl methyl sites for hydroxylation is 1. The van der Waals surface area contributed by atoms with Crippen LogP contribution in [0.5, 0.6) is 0 Å². The number of hydrogen-bond acceptors (Lipinski definition) is 6. The van der Waals surface area contributed by atoms with Gasteiger partial charge in [0.05, 0.1) is 29.3 Å². The summed E-state index contributed by atoms with van der Waals surface area (Å²) < 4.78 is 22.4. The Kier molecular flexibility index (Phi) is 5.08. The van der Waals surface area contributed by atoms with E-state index in [-0.39, 0.29) is 13.2 Å². The fourth-order valence-electron chi connectivity index (χ4n) is 1.24. The first kappa shape index (κ1) is 13.8. The predicted octanol–water partition coefficient (Wildman–Crippen LogP) is 2.71. The SMILES string of the molecule is CCOP(=O)(OCC)C(O)c1scnc1C. The molecule has 0 radical (unpaired) electrons. The normalized spacial score (nSPS) is 14.0.